The van der Waals surface area contributed by atoms with E-state index in [9.17, 15) is 14.4 Å². The molecule has 0 aromatic heterocycles. The van der Waals surface area contributed by atoms with Gasteiger partial charge in [-0.3, -0.25) is 14.4 Å². The largest absolute Gasteiger partial charge is 0.497 e. The van der Waals surface area contributed by atoms with E-state index < -0.39 is 0 Å². The molecule has 42 heavy (non-hydrogen) atoms. The van der Waals surface area contributed by atoms with E-state index in [0.717, 1.165) is 17.7 Å². The highest BCUT2D eigenvalue weighted by Crippen LogP contribution is 2.29. The first kappa shape index (κ1) is 29.1. The van der Waals surface area contributed by atoms with Crippen LogP contribution in [0.4, 0.5) is 11.4 Å². The van der Waals surface area contributed by atoms with E-state index in [4.69, 9.17) is 9.47 Å². The van der Waals surface area contributed by atoms with Gasteiger partial charge in [0.25, 0.3) is 11.8 Å². The van der Waals surface area contributed by atoms with Gasteiger partial charge in [0, 0.05) is 56.2 Å². The highest BCUT2D eigenvalue weighted by molar-refractivity contribution is 6.06. The first-order valence-electron chi connectivity index (χ1n) is 14.5. The van der Waals surface area contributed by atoms with Crippen LogP contribution in [0.1, 0.15) is 45.5 Å². The number of rotatable bonds is 8. The summed E-state index contributed by atoms with van der Waals surface area (Å²) in [4.78, 5) is 46.0. The van der Waals surface area contributed by atoms with Gasteiger partial charge in [-0.1, -0.05) is 37.3 Å². The third kappa shape index (κ3) is 6.57. The molecule has 5 rings (SSSR count). The van der Waals surface area contributed by atoms with Crippen LogP contribution in [0.2, 0.25) is 0 Å². The van der Waals surface area contributed by atoms with Gasteiger partial charge in [-0.05, 0) is 54.4 Å². The molecule has 0 spiro atoms. The number of methoxy groups -OCH3 is 1. The summed E-state index contributed by atoms with van der Waals surface area (Å²) >= 11 is 0. The second-order valence-electron chi connectivity index (χ2n) is 10.5. The number of anilines is 2. The highest BCUT2D eigenvalue weighted by atomic mass is 16.5. The Bertz CT molecular complexity index is 1380. The molecular formula is C33H38N4O5. The van der Waals surface area contributed by atoms with Gasteiger partial charge < -0.3 is 29.5 Å². The van der Waals surface area contributed by atoms with Gasteiger partial charge in [-0.25, -0.2) is 0 Å². The summed E-state index contributed by atoms with van der Waals surface area (Å²) in [7, 11) is 1.58. The smallest absolute Gasteiger partial charge is 0.256 e. The Hall–Kier alpha value is -4.37. The first-order chi connectivity index (χ1) is 20.5. The molecule has 1 N–H and O–H groups in total. The Labute approximate surface area is 247 Å². The summed E-state index contributed by atoms with van der Waals surface area (Å²) < 4.78 is 10.6. The molecule has 220 valence electrons. The third-order valence-corrected chi connectivity index (χ3v) is 7.98. The van der Waals surface area contributed by atoms with Crippen molar-refractivity contribution < 1.29 is 23.9 Å². The Morgan fingerprint density at radius 2 is 1.55 bits per heavy atom. The van der Waals surface area contributed by atoms with Crippen LogP contribution in [-0.2, 0) is 9.53 Å². The van der Waals surface area contributed by atoms with Gasteiger partial charge in [0.1, 0.15) is 5.75 Å². The summed E-state index contributed by atoms with van der Waals surface area (Å²) in [6.45, 7) is 6.43. The number of nitrogens with zero attached hydrogens (tertiary/aromatic N) is 3. The van der Waals surface area contributed by atoms with Crippen molar-refractivity contribution >= 4 is 29.1 Å². The molecule has 2 saturated heterocycles. The molecule has 2 fully saturated rings. The number of morpholine rings is 1. The van der Waals surface area contributed by atoms with Crippen LogP contribution < -0.4 is 15.0 Å². The number of ether oxygens (including phenoxy) is 2. The van der Waals surface area contributed by atoms with Crippen molar-refractivity contribution in [3.05, 3.63) is 89.5 Å². The molecule has 0 radical (unpaired) electrons. The maximum atomic E-state index is 13.8. The van der Waals surface area contributed by atoms with E-state index in [1.807, 2.05) is 54.3 Å². The first-order valence-corrected chi connectivity index (χ1v) is 14.5. The van der Waals surface area contributed by atoms with Crippen LogP contribution in [-0.4, -0.2) is 87.1 Å². The molecule has 2 aliphatic rings. The van der Waals surface area contributed by atoms with Crippen molar-refractivity contribution in [3.8, 4) is 5.75 Å². The summed E-state index contributed by atoms with van der Waals surface area (Å²) in [5.41, 5.74) is 3.40. The van der Waals surface area contributed by atoms with Crippen molar-refractivity contribution in [1.29, 1.82) is 0 Å². The maximum absolute atomic E-state index is 13.8. The fraction of sp³-hybridized carbons (Fsp3) is 0.364. The van der Waals surface area contributed by atoms with Crippen molar-refractivity contribution in [2.24, 2.45) is 0 Å². The lowest BCUT2D eigenvalue weighted by Crippen LogP contribution is -2.50. The van der Waals surface area contributed by atoms with Crippen LogP contribution in [0.3, 0.4) is 0 Å². The van der Waals surface area contributed by atoms with Gasteiger partial charge in [-0.15, -0.1) is 0 Å². The minimum absolute atomic E-state index is 0.0949. The predicted molar refractivity (Wildman–Crippen MR) is 162 cm³/mol. The van der Waals surface area contributed by atoms with E-state index >= 15 is 0 Å². The second kappa shape index (κ2) is 13.5. The number of benzene rings is 3. The SMILES string of the molecule is CC[C@@H](C(=O)N1CCN(c2ccc(NC(=O)c3ccc(OC)cc3)cc2C(=O)N2CCOCC2)CC1)c1ccccc1. The van der Waals surface area contributed by atoms with Crippen LogP contribution in [0.25, 0.3) is 0 Å². The molecule has 3 aromatic rings. The third-order valence-electron chi connectivity index (χ3n) is 7.98. The molecule has 2 aliphatic heterocycles. The van der Waals surface area contributed by atoms with Gasteiger partial charge in [0.2, 0.25) is 5.91 Å². The van der Waals surface area contributed by atoms with Crippen LogP contribution in [0.5, 0.6) is 5.75 Å². The van der Waals surface area contributed by atoms with Gasteiger partial charge in [0.05, 0.1) is 31.8 Å². The Morgan fingerprint density at radius 3 is 2.19 bits per heavy atom. The van der Waals surface area contributed by atoms with Crippen molar-refractivity contribution in [2.75, 3.05) is 69.8 Å². The fourth-order valence-electron chi connectivity index (χ4n) is 5.57. The summed E-state index contributed by atoms with van der Waals surface area (Å²) in [5, 5.41) is 2.93. The monoisotopic (exact) mass is 570 g/mol. The van der Waals surface area contributed by atoms with Crippen molar-refractivity contribution in [2.45, 2.75) is 19.3 Å². The van der Waals surface area contributed by atoms with Crippen molar-refractivity contribution in [1.82, 2.24) is 9.80 Å². The number of amides is 3. The average molecular weight is 571 g/mol. The van der Waals surface area contributed by atoms with Gasteiger partial charge in [0.15, 0.2) is 0 Å². The molecule has 1 atom stereocenters. The normalized spacial score (nSPS) is 16.1. The van der Waals surface area contributed by atoms with E-state index in [0.29, 0.717) is 75.0 Å². The van der Waals surface area contributed by atoms with Crippen LogP contribution in [0, 0.1) is 0 Å². The Kier molecular flexibility index (Phi) is 9.38. The van der Waals surface area contributed by atoms with E-state index in [1.54, 1.807) is 42.3 Å². The maximum Gasteiger partial charge on any atom is 0.256 e. The average Bonchev–Trinajstić information content (AvgIpc) is 3.05. The standard InChI is InChI=1S/C33H38N4O5/c1-3-28(24-7-5-4-6-8-24)32(39)36-17-15-35(16-18-36)30-14-11-26(23-29(30)33(40)37-19-21-42-22-20-37)34-31(38)25-9-12-27(41-2)13-10-25/h4-14,23,28H,3,15-22H2,1-2H3,(H,34,38)/t28-/m1/s1. The Morgan fingerprint density at radius 1 is 0.857 bits per heavy atom. The summed E-state index contributed by atoms with van der Waals surface area (Å²) in [6.07, 6.45) is 0.741. The van der Waals surface area contributed by atoms with Gasteiger partial charge in [-0.2, -0.15) is 0 Å². The molecule has 0 aliphatic carbocycles. The van der Waals surface area contributed by atoms with E-state index in [-0.39, 0.29) is 23.6 Å². The zero-order valence-electron chi connectivity index (χ0n) is 24.3. The number of hydrogen-bond acceptors (Lipinski definition) is 6. The van der Waals surface area contributed by atoms with Gasteiger partial charge >= 0.3 is 0 Å². The lowest BCUT2D eigenvalue weighted by Gasteiger charge is -2.38. The van der Waals surface area contributed by atoms with Crippen LogP contribution in [0.15, 0.2) is 72.8 Å². The topological polar surface area (TPSA) is 91.4 Å². The lowest BCUT2D eigenvalue weighted by atomic mass is 9.94. The van der Waals surface area contributed by atoms with E-state index in [2.05, 4.69) is 10.2 Å². The Balaban J connectivity index is 1.33. The quantitative estimate of drug-likeness (QED) is 0.435. The van der Waals surface area contributed by atoms with Crippen LogP contribution >= 0.6 is 0 Å². The molecule has 0 bridgehead atoms. The molecule has 0 unspecified atom stereocenters. The minimum atomic E-state index is -0.272. The fourth-order valence-corrected chi connectivity index (χ4v) is 5.57. The summed E-state index contributed by atoms with van der Waals surface area (Å²) in [6, 6.07) is 22.3. The van der Waals surface area contributed by atoms with E-state index in [1.165, 1.54) is 0 Å². The highest BCUT2D eigenvalue weighted by Gasteiger charge is 2.30. The molecule has 9 nitrogen and oxygen atoms in total. The molecule has 0 saturated carbocycles. The molecular weight excluding hydrogens is 532 g/mol. The second-order valence-corrected chi connectivity index (χ2v) is 10.5. The number of carbonyl (C=O) groups excluding carboxylic acids is 3. The molecule has 3 aromatic carbocycles. The predicted octanol–water partition coefficient (Wildman–Crippen LogP) is 4.26. The molecule has 2 heterocycles. The zero-order valence-corrected chi connectivity index (χ0v) is 24.3. The molecule has 3 amide bonds. The summed E-state index contributed by atoms with van der Waals surface area (Å²) in [5.74, 6) is 0.282. The number of nitrogens with one attached hydrogen (secondary N) is 1. The lowest BCUT2D eigenvalue weighted by molar-refractivity contribution is -0.133. The number of carbonyl (C=O) groups is 3. The zero-order chi connectivity index (χ0) is 29.5. The van der Waals surface area contributed by atoms with Crippen molar-refractivity contribution in [3.63, 3.8) is 0 Å². The molecule has 9 heteroatoms. The number of hydrogen-bond donors (Lipinski definition) is 1. The minimum Gasteiger partial charge on any atom is -0.497 e. The number of piperazine rings is 1.